The average molecular weight is 246 g/mol. The fraction of sp³-hybridized carbons (Fsp3) is 1.00. The maximum atomic E-state index is 5.87. The molecule has 2 N–H and O–H groups in total. The predicted molar refractivity (Wildman–Crippen MR) is 77.1 cm³/mol. The molecule has 0 rings (SSSR count). The molecule has 0 spiro atoms. The molecule has 0 aliphatic rings. The Labute approximate surface area is 106 Å². The zero-order valence-corrected chi connectivity index (χ0v) is 12.7. The molecule has 0 heterocycles. The van der Waals surface area contributed by atoms with Crippen molar-refractivity contribution in [3.05, 3.63) is 0 Å². The summed E-state index contributed by atoms with van der Waals surface area (Å²) in [5.41, 5.74) is 6.25. The first-order chi connectivity index (χ1) is 7.30. The lowest BCUT2D eigenvalue weighted by Gasteiger charge is -2.31. The Morgan fingerprint density at radius 2 is 1.88 bits per heavy atom. The summed E-state index contributed by atoms with van der Waals surface area (Å²) in [5, 5.41) is 0. The molecule has 0 saturated carbocycles. The highest BCUT2D eigenvalue weighted by molar-refractivity contribution is 7.98. The fourth-order valence-electron chi connectivity index (χ4n) is 2.04. The van der Waals surface area contributed by atoms with Crippen LogP contribution in [0.25, 0.3) is 0 Å². The highest BCUT2D eigenvalue weighted by Gasteiger charge is 2.20. The molecule has 0 aliphatic carbocycles. The Hall–Kier alpha value is 0.270. The summed E-state index contributed by atoms with van der Waals surface area (Å²) in [6.07, 6.45) is 3.37. The molecular formula is C13H30N2S. The van der Waals surface area contributed by atoms with E-state index in [1.165, 1.54) is 12.2 Å². The molecule has 0 radical (unpaired) electrons. The second-order valence-corrected chi connectivity index (χ2v) is 7.02. The minimum Gasteiger partial charge on any atom is -0.330 e. The molecular weight excluding hydrogens is 216 g/mol. The number of hydrogen-bond acceptors (Lipinski definition) is 3. The van der Waals surface area contributed by atoms with Gasteiger partial charge in [-0.3, -0.25) is 0 Å². The molecule has 0 bridgehead atoms. The molecule has 0 fully saturated rings. The number of rotatable bonds is 7. The van der Waals surface area contributed by atoms with Gasteiger partial charge in [-0.2, -0.15) is 11.8 Å². The van der Waals surface area contributed by atoms with E-state index in [9.17, 15) is 0 Å². The van der Waals surface area contributed by atoms with E-state index in [2.05, 4.69) is 45.9 Å². The summed E-state index contributed by atoms with van der Waals surface area (Å²) in [6.45, 7) is 11.1. The van der Waals surface area contributed by atoms with Crippen molar-refractivity contribution < 1.29 is 0 Å². The molecule has 0 aromatic heterocycles. The van der Waals surface area contributed by atoms with E-state index in [0.717, 1.165) is 13.1 Å². The van der Waals surface area contributed by atoms with Crippen molar-refractivity contribution in [1.82, 2.24) is 4.90 Å². The van der Waals surface area contributed by atoms with Crippen LogP contribution in [0.15, 0.2) is 0 Å². The summed E-state index contributed by atoms with van der Waals surface area (Å²) in [7, 11) is 2.21. The highest BCUT2D eigenvalue weighted by Crippen LogP contribution is 2.24. The lowest BCUT2D eigenvalue weighted by molar-refractivity contribution is 0.195. The Kier molecular flexibility index (Phi) is 7.70. The Morgan fingerprint density at radius 3 is 2.25 bits per heavy atom. The molecule has 0 aliphatic heterocycles. The van der Waals surface area contributed by atoms with Gasteiger partial charge in [0, 0.05) is 18.3 Å². The lowest BCUT2D eigenvalue weighted by atomic mass is 9.84. The molecule has 3 heteroatoms. The maximum absolute atomic E-state index is 5.87. The molecule has 0 aromatic rings. The van der Waals surface area contributed by atoms with Crippen molar-refractivity contribution >= 4 is 11.8 Å². The Bertz CT molecular complexity index is 177. The molecule has 2 atom stereocenters. The van der Waals surface area contributed by atoms with E-state index in [1.807, 2.05) is 11.8 Å². The fourth-order valence-corrected chi connectivity index (χ4v) is 2.78. The van der Waals surface area contributed by atoms with Gasteiger partial charge in [0.2, 0.25) is 0 Å². The third kappa shape index (κ3) is 7.53. The minimum absolute atomic E-state index is 0.383. The van der Waals surface area contributed by atoms with Gasteiger partial charge in [0.05, 0.1) is 0 Å². The SMILES string of the molecule is CSCC(C)N(C)CC(CN)CC(C)(C)C. The third-order valence-electron chi connectivity index (χ3n) is 2.94. The zero-order chi connectivity index (χ0) is 12.8. The largest absolute Gasteiger partial charge is 0.330 e. The van der Waals surface area contributed by atoms with Gasteiger partial charge in [0.25, 0.3) is 0 Å². The van der Waals surface area contributed by atoms with Gasteiger partial charge in [0.15, 0.2) is 0 Å². The predicted octanol–water partition coefficient (Wildman–Crippen LogP) is 2.68. The van der Waals surface area contributed by atoms with Crippen LogP contribution in [0.5, 0.6) is 0 Å². The molecule has 98 valence electrons. The van der Waals surface area contributed by atoms with Crippen LogP contribution in [0.2, 0.25) is 0 Å². The number of nitrogens with two attached hydrogens (primary N) is 1. The van der Waals surface area contributed by atoms with E-state index < -0.39 is 0 Å². The van der Waals surface area contributed by atoms with Crippen molar-refractivity contribution in [1.29, 1.82) is 0 Å². The standard InChI is InChI=1S/C13H30N2S/c1-11(10-16-6)15(5)9-12(8-14)7-13(2,3)4/h11-12H,7-10,14H2,1-6H3. The first-order valence-corrected chi connectivity index (χ1v) is 7.58. The minimum atomic E-state index is 0.383. The van der Waals surface area contributed by atoms with E-state index in [4.69, 9.17) is 5.73 Å². The Morgan fingerprint density at radius 1 is 1.31 bits per heavy atom. The summed E-state index contributed by atoms with van der Waals surface area (Å²) in [5.74, 6) is 1.82. The van der Waals surface area contributed by atoms with Gasteiger partial charge in [-0.15, -0.1) is 0 Å². The van der Waals surface area contributed by atoms with Crippen LogP contribution in [-0.4, -0.2) is 43.1 Å². The third-order valence-corrected chi connectivity index (χ3v) is 3.76. The first-order valence-electron chi connectivity index (χ1n) is 6.19. The van der Waals surface area contributed by atoms with Gasteiger partial charge in [-0.05, 0) is 44.5 Å². The van der Waals surface area contributed by atoms with Crippen molar-refractivity contribution in [3.63, 3.8) is 0 Å². The average Bonchev–Trinajstić information content (AvgIpc) is 2.14. The lowest BCUT2D eigenvalue weighted by Crippen LogP contribution is -2.38. The van der Waals surface area contributed by atoms with Crippen LogP contribution in [0, 0.1) is 11.3 Å². The smallest absolute Gasteiger partial charge is 0.0155 e. The molecule has 0 saturated heterocycles. The topological polar surface area (TPSA) is 29.3 Å². The zero-order valence-electron chi connectivity index (χ0n) is 11.9. The summed E-state index contributed by atoms with van der Waals surface area (Å²) in [6, 6.07) is 0.643. The van der Waals surface area contributed by atoms with Crippen LogP contribution in [-0.2, 0) is 0 Å². The van der Waals surface area contributed by atoms with E-state index >= 15 is 0 Å². The monoisotopic (exact) mass is 246 g/mol. The molecule has 16 heavy (non-hydrogen) atoms. The van der Waals surface area contributed by atoms with Crippen LogP contribution in [0.1, 0.15) is 34.1 Å². The second-order valence-electron chi connectivity index (χ2n) is 6.11. The first kappa shape index (κ1) is 16.3. The Balaban J connectivity index is 4.11. The second kappa shape index (κ2) is 7.57. The van der Waals surface area contributed by atoms with Crippen molar-refractivity contribution in [2.75, 3.05) is 32.1 Å². The van der Waals surface area contributed by atoms with Crippen LogP contribution in [0.3, 0.4) is 0 Å². The quantitative estimate of drug-likeness (QED) is 0.749. The summed E-state index contributed by atoms with van der Waals surface area (Å²) < 4.78 is 0. The van der Waals surface area contributed by atoms with Gasteiger partial charge in [0.1, 0.15) is 0 Å². The van der Waals surface area contributed by atoms with E-state index in [1.54, 1.807) is 0 Å². The van der Waals surface area contributed by atoms with E-state index in [0.29, 0.717) is 17.4 Å². The van der Waals surface area contributed by atoms with Crippen LogP contribution >= 0.6 is 11.8 Å². The van der Waals surface area contributed by atoms with Gasteiger partial charge in [-0.25, -0.2) is 0 Å². The van der Waals surface area contributed by atoms with Crippen molar-refractivity contribution in [2.45, 2.75) is 40.2 Å². The normalized spacial score (nSPS) is 16.5. The molecule has 2 unspecified atom stereocenters. The number of nitrogens with zero attached hydrogens (tertiary/aromatic N) is 1. The summed E-state index contributed by atoms with van der Waals surface area (Å²) in [4.78, 5) is 2.44. The van der Waals surface area contributed by atoms with Gasteiger partial charge >= 0.3 is 0 Å². The molecule has 0 aromatic carbocycles. The highest BCUT2D eigenvalue weighted by atomic mass is 32.2. The number of thioether (sulfide) groups is 1. The van der Waals surface area contributed by atoms with Crippen molar-refractivity contribution in [2.24, 2.45) is 17.1 Å². The van der Waals surface area contributed by atoms with E-state index in [-0.39, 0.29) is 0 Å². The molecule has 0 amide bonds. The van der Waals surface area contributed by atoms with Gasteiger partial charge < -0.3 is 10.6 Å². The maximum Gasteiger partial charge on any atom is 0.0155 e. The van der Waals surface area contributed by atoms with Crippen molar-refractivity contribution in [3.8, 4) is 0 Å². The van der Waals surface area contributed by atoms with Crippen LogP contribution < -0.4 is 5.73 Å². The summed E-state index contributed by atoms with van der Waals surface area (Å²) >= 11 is 1.91. The van der Waals surface area contributed by atoms with Gasteiger partial charge in [-0.1, -0.05) is 20.8 Å². The van der Waals surface area contributed by atoms with Crippen LogP contribution in [0.4, 0.5) is 0 Å². The number of hydrogen-bond donors (Lipinski definition) is 1. The molecule has 2 nitrogen and oxygen atoms in total.